The standard InChI is InChI=1S/C15H10Cl2N2S2/c16-12-7-6-11(13(17)8-12)9-20-15-19-18-14(21-15)10-4-2-1-3-5-10/h1-8H,9H2. The second kappa shape index (κ2) is 6.79. The summed E-state index contributed by atoms with van der Waals surface area (Å²) in [5.74, 6) is 0.749. The number of benzene rings is 2. The topological polar surface area (TPSA) is 25.8 Å². The van der Waals surface area contributed by atoms with Gasteiger partial charge in [0.15, 0.2) is 4.34 Å². The van der Waals surface area contributed by atoms with Crippen LogP contribution in [-0.4, -0.2) is 10.2 Å². The SMILES string of the molecule is Clc1ccc(CSc2nnc(-c3ccccc3)s2)c(Cl)c1. The van der Waals surface area contributed by atoms with Gasteiger partial charge in [-0.3, -0.25) is 0 Å². The zero-order valence-corrected chi connectivity index (χ0v) is 13.9. The Balaban J connectivity index is 1.70. The summed E-state index contributed by atoms with van der Waals surface area (Å²) in [7, 11) is 0. The molecule has 0 fully saturated rings. The van der Waals surface area contributed by atoms with Crippen LogP contribution in [0.1, 0.15) is 5.56 Å². The van der Waals surface area contributed by atoms with Gasteiger partial charge in [0.25, 0.3) is 0 Å². The summed E-state index contributed by atoms with van der Waals surface area (Å²) in [6, 6.07) is 15.6. The molecule has 0 aliphatic rings. The van der Waals surface area contributed by atoms with E-state index in [1.807, 2.05) is 42.5 Å². The largest absolute Gasteiger partial charge is 0.174 e. The van der Waals surface area contributed by atoms with E-state index in [1.54, 1.807) is 29.2 Å². The Morgan fingerprint density at radius 1 is 1.00 bits per heavy atom. The Kier molecular flexibility index (Phi) is 4.80. The highest BCUT2D eigenvalue weighted by molar-refractivity contribution is 8.00. The van der Waals surface area contributed by atoms with Gasteiger partial charge in [-0.2, -0.15) is 0 Å². The van der Waals surface area contributed by atoms with E-state index in [-0.39, 0.29) is 0 Å². The van der Waals surface area contributed by atoms with Gasteiger partial charge in [-0.15, -0.1) is 10.2 Å². The van der Waals surface area contributed by atoms with Crippen LogP contribution in [0.15, 0.2) is 52.9 Å². The smallest absolute Gasteiger partial charge is 0.137 e. The number of hydrogen-bond donors (Lipinski definition) is 0. The Morgan fingerprint density at radius 3 is 2.57 bits per heavy atom. The van der Waals surface area contributed by atoms with Gasteiger partial charge in [-0.25, -0.2) is 0 Å². The fourth-order valence-corrected chi connectivity index (χ4v) is 4.16. The number of halogens is 2. The third kappa shape index (κ3) is 3.77. The second-order valence-electron chi connectivity index (χ2n) is 4.26. The second-order valence-corrected chi connectivity index (χ2v) is 7.31. The number of nitrogens with zero attached hydrogens (tertiary/aromatic N) is 2. The van der Waals surface area contributed by atoms with E-state index in [4.69, 9.17) is 23.2 Å². The van der Waals surface area contributed by atoms with Crippen molar-refractivity contribution < 1.29 is 0 Å². The fraction of sp³-hybridized carbons (Fsp3) is 0.0667. The molecule has 0 aliphatic heterocycles. The van der Waals surface area contributed by atoms with Crippen LogP contribution in [0.3, 0.4) is 0 Å². The lowest BCUT2D eigenvalue weighted by Crippen LogP contribution is -1.82. The van der Waals surface area contributed by atoms with Crippen LogP contribution in [0.25, 0.3) is 10.6 Å². The van der Waals surface area contributed by atoms with Gasteiger partial charge in [-0.1, -0.05) is 82.7 Å². The molecule has 0 radical (unpaired) electrons. The maximum atomic E-state index is 6.17. The zero-order chi connectivity index (χ0) is 14.7. The monoisotopic (exact) mass is 352 g/mol. The Labute approximate surface area is 141 Å². The van der Waals surface area contributed by atoms with Crippen LogP contribution in [0.5, 0.6) is 0 Å². The van der Waals surface area contributed by atoms with Crippen LogP contribution in [0.4, 0.5) is 0 Å². The van der Waals surface area contributed by atoms with Crippen molar-refractivity contribution in [1.29, 1.82) is 0 Å². The van der Waals surface area contributed by atoms with Gasteiger partial charge >= 0.3 is 0 Å². The summed E-state index contributed by atoms with van der Waals surface area (Å²) in [5, 5.41) is 10.7. The van der Waals surface area contributed by atoms with E-state index in [2.05, 4.69) is 10.2 Å². The molecule has 1 aromatic heterocycles. The lowest BCUT2D eigenvalue weighted by atomic mass is 10.2. The number of rotatable bonds is 4. The number of hydrogen-bond acceptors (Lipinski definition) is 4. The summed E-state index contributed by atoms with van der Waals surface area (Å²) in [6.07, 6.45) is 0. The van der Waals surface area contributed by atoms with E-state index < -0.39 is 0 Å². The summed E-state index contributed by atoms with van der Waals surface area (Å²) in [4.78, 5) is 0. The Bertz CT molecular complexity index is 744. The minimum Gasteiger partial charge on any atom is -0.137 e. The van der Waals surface area contributed by atoms with Crippen LogP contribution >= 0.6 is 46.3 Å². The molecule has 0 spiro atoms. The number of thioether (sulfide) groups is 1. The van der Waals surface area contributed by atoms with E-state index in [0.29, 0.717) is 10.0 Å². The first-order valence-corrected chi connectivity index (χ1v) is 8.74. The van der Waals surface area contributed by atoms with Crippen molar-refractivity contribution in [2.24, 2.45) is 0 Å². The molecule has 0 unspecified atom stereocenters. The molecule has 3 aromatic rings. The molecule has 0 saturated heterocycles. The van der Waals surface area contributed by atoms with Crippen LogP contribution in [-0.2, 0) is 5.75 Å². The predicted molar refractivity (Wildman–Crippen MR) is 91.4 cm³/mol. The van der Waals surface area contributed by atoms with Crippen molar-refractivity contribution in [2.75, 3.05) is 0 Å². The zero-order valence-electron chi connectivity index (χ0n) is 10.8. The van der Waals surface area contributed by atoms with Gasteiger partial charge in [0, 0.05) is 21.4 Å². The molecule has 2 nitrogen and oxygen atoms in total. The average Bonchev–Trinajstić information content (AvgIpc) is 2.96. The maximum absolute atomic E-state index is 6.17. The van der Waals surface area contributed by atoms with Crippen molar-refractivity contribution >= 4 is 46.3 Å². The van der Waals surface area contributed by atoms with Crippen LogP contribution in [0.2, 0.25) is 10.0 Å². The Morgan fingerprint density at radius 2 is 1.81 bits per heavy atom. The average molecular weight is 353 g/mol. The molecule has 0 amide bonds. The van der Waals surface area contributed by atoms with Gasteiger partial charge in [0.2, 0.25) is 0 Å². The van der Waals surface area contributed by atoms with Crippen molar-refractivity contribution in [3.63, 3.8) is 0 Å². The van der Waals surface area contributed by atoms with Gasteiger partial charge in [0.1, 0.15) is 5.01 Å². The molecule has 6 heteroatoms. The Hall–Kier alpha value is -1.07. The summed E-state index contributed by atoms with van der Waals surface area (Å²) in [6.45, 7) is 0. The number of aromatic nitrogens is 2. The van der Waals surface area contributed by atoms with Crippen LogP contribution < -0.4 is 0 Å². The van der Waals surface area contributed by atoms with Crippen molar-refractivity contribution in [2.45, 2.75) is 10.1 Å². The first kappa shape index (κ1) is 14.9. The molecule has 0 atom stereocenters. The molecule has 21 heavy (non-hydrogen) atoms. The first-order chi connectivity index (χ1) is 10.2. The van der Waals surface area contributed by atoms with E-state index in [9.17, 15) is 0 Å². The first-order valence-electron chi connectivity index (χ1n) is 6.18. The lowest BCUT2D eigenvalue weighted by Gasteiger charge is -2.02. The van der Waals surface area contributed by atoms with Gasteiger partial charge in [-0.05, 0) is 17.7 Å². The van der Waals surface area contributed by atoms with E-state index in [1.165, 1.54) is 0 Å². The minimum absolute atomic E-state index is 0.649. The fourth-order valence-electron chi connectivity index (χ4n) is 1.74. The van der Waals surface area contributed by atoms with Crippen molar-refractivity contribution in [1.82, 2.24) is 10.2 Å². The molecule has 0 N–H and O–H groups in total. The molecular formula is C15H10Cl2N2S2. The maximum Gasteiger partial charge on any atom is 0.174 e. The summed E-state index contributed by atoms with van der Waals surface area (Å²) < 4.78 is 0.930. The minimum atomic E-state index is 0.649. The molecule has 0 bridgehead atoms. The third-order valence-electron chi connectivity index (χ3n) is 2.79. The molecule has 2 aromatic carbocycles. The predicted octanol–water partition coefficient (Wildman–Crippen LogP) is 5.80. The molecule has 106 valence electrons. The quantitative estimate of drug-likeness (QED) is 0.554. The normalized spacial score (nSPS) is 10.8. The third-order valence-corrected chi connectivity index (χ3v) is 5.53. The van der Waals surface area contributed by atoms with Crippen LogP contribution in [0, 0.1) is 0 Å². The highest BCUT2D eigenvalue weighted by Gasteiger charge is 2.08. The highest BCUT2D eigenvalue weighted by atomic mass is 35.5. The van der Waals surface area contributed by atoms with Crippen molar-refractivity contribution in [3.05, 3.63) is 64.1 Å². The van der Waals surface area contributed by atoms with Gasteiger partial charge < -0.3 is 0 Å². The molecular weight excluding hydrogens is 343 g/mol. The van der Waals surface area contributed by atoms with E-state index >= 15 is 0 Å². The summed E-state index contributed by atoms with van der Waals surface area (Å²) >= 11 is 15.3. The van der Waals surface area contributed by atoms with E-state index in [0.717, 1.165) is 26.2 Å². The molecule has 3 rings (SSSR count). The lowest BCUT2D eigenvalue weighted by molar-refractivity contribution is 1.01. The summed E-state index contributed by atoms with van der Waals surface area (Å²) in [5.41, 5.74) is 2.13. The van der Waals surface area contributed by atoms with Crippen molar-refractivity contribution in [3.8, 4) is 10.6 Å². The van der Waals surface area contributed by atoms with Gasteiger partial charge in [0.05, 0.1) is 0 Å². The molecule has 1 heterocycles. The highest BCUT2D eigenvalue weighted by Crippen LogP contribution is 2.33. The molecule has 0 aliphatic carbocycles. The molecule has 0 saturated carbocycles.